The first-order valence-electron chi connectivity index (χ1n) is 6.54. The van der Waals surface area contributed by atoms with Crippen molar-refractivity contribution < 1.29 is 4.74 Å². The van der Waals surface area contributed by atoms with Gasteiger partial charge in [0.25, 0.3) is 0 Å². The Balaban J connectivity index is 2.35. The van der Waals surface area contributed by atoms with Crippen LogP contribution in [0.1, 0.15) is 19.5 Å². The van der Waals surface area contributed by atoms with Gasteiger partial charge in [-0.1, -0.05) is 0 Å². The van der Waals surface area contributed by atoms with Gasteiger partial charge in [-0.3, -0.25) is 0 Å². The number of imidazole rings is 1. The number of ether oxygens (including phenoxy) is 1. The van der Waals surface area contributed by atoms with Gasteiger partial charge < -0.3 is 19.5 Å². The van der Waals surface area contributed by atoms with Crippen LogP contribution < -0.4 is 5.32 Å². The van der Waals surface area contributed by atoms with Crippen LogP contribution in [0.2, 0.25) is 0 Å². The minimum absolute atomic E-state index is 0.580. The van der Waals surface area contributed by atoms with E-state index in [0.29, 0.717) is 6.04 Å². The predicted octanol–water partition coefficient (Wildman–Crippen LogP) is 0.959. The zero-order valence-electron chi connectivity index (χ0n) is 12.0. The molecule has 1 aromatic rings. The van der Waals surface area contributed by atoms with E-state index in [2.05, 4.69) is 40.7 Å². The second-order valence-electron chi connectivity index (χ2n) is 4.82. The van der Waals surface area contributed by atoms with Crippen molar-refractivity contribution in [3.63, 3.8) is 0 Å². The molecule has 0 amide bonds. The molecule has 0 fully saturated rings. The van der Waals surface area contributed by atoms with Crippen molar-refractivity contribution in [2.45, 2.75) is 33.0 Å². The molecule has 0 atom stereocenters. The van der Waals surface area contributed by atoms with Crippen LogP contribution in [0.3, 0.4) is 0 Å². The Hall–Kier alpha value is -0.910. The van der Waals surface area contributed by atoms with Crippen LogP contribution in [0.25, 0.3) is 0 Å². The molecule has 1 heterocycles. The molecule has 1 rings (SSSR count). The monoisotopic (exact) mass is 254 g/mol. The largest absolute Gasteiger partial charge is 0.383 e. The smallest absolute Gasteiger partial charge is 0.0949 e. The maximum atomic E-state index is 5.01. The lowest BCUT2D eigenvalue weighted by Gasteiger charge is -2.21. The van der Waals surface area contributed by atoms with Crippen LogP contribution in [-0.4, -0.2) is 54.3 Å². The molecule has 0 aliphatic heterocycles. The molecule has 0 aromatic carbocycles. The van der Waals surface area contributed by atoms with Crippen LogP contribution in [0.5, 0.6) is 0 Å². The molecule has 0 saturated carbocycles. The van der Waals surface area contributed by atoms with E-state index < -0.39 is 0 Å². The molecule has 0 bridgehead atoms. The number of hydrogen-bond acceptors (Lipinski definition) is 4. The molecule has 0 unspecified atom stereocenters. The van der Waals surface area contributed by atoms with Gasteiger partial charge in [0.15, 0.2) is 0 Å². The minimum atomic E-state index is 0.580. The number of nitrogens with one attached hydrogen (secondary N) is 1. The van der Waals surface area contributed by atoms with E-state index in [1.54, 1.807) is 7.11 Å². The highest BCUT2D eigenvalue weighted by Crippen LogP contribution is 2.01. The zero-order chi connectivity index (χ0) is 13.4. The summed E-state index contributed by atoms with van der Waals surface area (Å²) in [6, 6.07) is 0.580. The predicted molar refractivity (Wildman–Crippen MR) is 73.6 cm³/mol. The summed E-state index contributed by atoms with van der Waals surface area (Å²) in [6.45, 7) is 8.89. The van der Waals surface area contributed by atoms with Crippen LogP contribution in [0.15, 0.2) is 12.5 Å². The first-order valence-corrected chi connectivity index (χ1v) is 6.54. The average Bonchev–Trinajstić information content (AvgIpc) is 2.79. The van der Waals surface area contributed by atoms with Crippen LogP contribution in [0, 0.1) is 0 Å². The van der Waals surface area contributed by atoms with Crippen molar-refractivity contribution in [2.75, 3.05) is 33.9 Å². The topological polar surface area (TPSA) is 42.3 Å². The maximum absolute atomic E-state index is 5.01. The summed E-state index contributed by atoms with van der Waals surface area (Å²) < 4.78 is 7.21. The van der Waals surface area contributed by atoms with Crippen LogP contribution in [-0.2, 0) is 17.8 Å². The van der Waals surface area contributed by atoms with E-state index >= 15 is 0 Å². The van der Waals surface area contributed by atoms with Crippen molar-refractivity contribution in [3.05, 3.63) is 18.2 Å². The van der Waals surface area contributed by atoms with E-state index in [0.717, 1.165) is 32.8 Å². The third kappa shape index (κ3) is 5.16. The van der Waals surface area contributed by atoms with Crippen molar-refractivity contribution >= 4 is 0 Å². The van der Waals surface area contributed by atoms with Gasteiger partial charge in [0.1, 0.15) is 0 Å². The van der Waals surface area contributed by atoms with Crippen molar-refractivity contribution in [1.82, 2.24) is 19.8 Å². The van der Waals surface area contributed by atoms with E-state index in [1.165, 1.54) is 5.69 Å². The van der Waals surface area contributed by atoms with Gasteiger partial charge in [-0.25, -0.2) is 4.98 Å². The van der Waals surface area contributed by atoms with E-state index in [-0.39, 0.29) is 0 Å². The Morgan fingerprint density at radius 2 is 2.28 bits per heavy atom. The second kappa shape index (κ2) is 8.24. The van der Waals surface area contributed by atoms with Crippen molar-refractivity contribution in [1.29, 1.82) is 0 Å². The summed E-state index contributed by atoms with van der Waals surface area (Å²) in [5.41, 5.74) is 1.23. The van der Waals surface area contributed by atoms with E-state index in [4.69, 9.17) is 4.74 Å². The number of likely N-dealkylation sites (N-methyl/N-ethyl adjacent to an activating group) is 1. The van der Waals surface area contributed by atoms with Gasteiger partial charge in [0, 0.05) is 45.5 Å². The van der Waals surface area contributed by atoms with Gasteiger partial charge >= 0.3 is 0 Å². The molecule has 0 spiro atoms. The number of nitrogens with zero attached hydrogens (tertiary/aromatic N) is 3. The zero-order valence-corrected chi connectivity index (χ0v) is 12.0. The molecular formula is C13H26N4O. The summed E-state index contributed by atoms with van der Waals surface area (Å²) in [5.74, 6) is 0. The van der Waals surface area contributed by atoms with Crippen molar-refractivity contribution in [2.24, 2.45) is 0 Å². The molecule has 104 valence electrons. The standard InChI is InChI=1S/C13H26N4O/c1-12(2)16(3)6-7-17-11-15-10-13(17)9-14-5-8-18-4/h10-12,14H,5-9H2,1-4H3. The quantitative estimate of drug-likeness (QED) is 0.667. The van der Waals surface area contributed by atoms with Gasteiger partial charge in [0.05, 0.1) is 18.6 Å². The lowest BCUT2D eigenvalue weighted by molar-refractivity contribution is 0.199. The van der Waals surface area contributed by atoms with Crippen LogP contribution >= 0.6 is 0 Å². The third-order valence-electron chi connectivity index (χ3n) is 3.16. The van der Waals surface area contributed by atoms with E-state index in [1.807, 2.05) is 12.5 Å². The highest BCUT2D eigenvalue weighted by Gasteiger charge is 2.05. The maximum Gasteiger partial charge on any atom is 0.0949 e. The SMILES string of the molecule is COCCNCc1cncn1CCN(C)C(C)C. The number of hydrogen-bond donors (Lipinski definition) is 1. The number of rotatable bonds is 9. The minimum Gasteiger partial charge on any atom is -0.383 e. The fourth-order valence-electron chi connectivity index (χ4n) is 1.61. The van der Waals surface area contributed by atoms with Gasteiger partial charge in [0.2, 0.25) is 0 Å². The lowest BCUT2D eigenvalue weighted by Crippen LogP contribution is -2.30. The molecule has 1 aromatic heterocycles. The first-order chi connectivity index (χ1) is 8.65. The highest BCUT2D eigenvalue weighted by atomic mass is 16.5. The molecule has 1 N–H and O–H groups in total. The second-order valence-corrected chi connectivity index (χ2v) is 4.82. The third-order valence-corrected chi connectivity index (χ3v) is 3.16. The fourth-order valence-corrected chi connectivity index (χ4v) is 1.61. The Morgan fingerprint density at radius 3 is 2.94 bits per heavy atom. The Kier molecular flexibility index (Phi) is 6.93. The lowest BCUT2D eigenvalue weighted by atomic mass is 10.3. The van der Waals surface area contributed by atoms with Crippen LogP contribution in [0.4, 0.5) is 0 Å². The number of methoxy groups -OCH3 is 1. The van der Waals surface area contributed by atoms with Gasteiger partial charge in [-0.2, -0.15) is 0 Å². The summed E-state index contributed by atoms with van der Waals surface area (Å²) >= 11 is 0. The average molecular weight is 254 g/mol. The molecule has 0 radical (unpaired) electrons. The Labute approximate surface area is 110 Å². The molecular weight excluding hydrogens is 228 g/mol. The molecule has 0 saturated heterocycles. The van der Waals surface area contributed by atoms with Gasteiger partial charge in [-0.05, 0) is 20.9 Å². The molecule has 0 aliphatic rings. The van der Waals surface area contributed by atoms with E-state index in [9.17, 15) is 0 Å². The normalized spacial score (nSPS) is 11.7. The Bertz CT molecular complexity index is 325. The highest BCUT2D eigenvalue weighted by molar-refractivity contribution is 4.98. The molecule has 5 heteroatoms. The molecule has 18 heavy (non-hydrogen) atoms. The van der Waals surface area contributed by atoms with Crippen molar-refractivity contribution in [3.8, 4) is 0 Å². The fraction of sp³-hybridized carbons (Fsp3) is 0.769. The number of aromatic nitrogens is 2. The Morgan fingerprint density at radius 1 is 1.50 bits per heavy atom. The summed E-state index contributed by atoms with van der Waals surface area (Å²) in [7, 11) is 3.87. The summed E-state index contributed by atoms with van der Waals surface area (Å²) in [6.07, 6.45) is 3.83. The van der Waals surface area contributed by atoms with Gasteiger partial charge in [-0.15, -0.1) is 0 Å². The summed E-state index contributed by atoms with van der Waals surface area (Å²) in [4.78, 5) is 6.55. The summed E-state index contributed by atoms with van der Waals surface area (Å²) in [5, 5.41) is 3.34. The first kappa shape index (κ1) is 15.1. The molecule has 5 nitrogen and oxygen atoms in total. The molecule has 0 aliphatic carbocycles.